The summed E-state index contributed by atoms with van der Waals surface area (Å²) in [5.74, 6) is 0.821. The smallest absolute Gasteiger partial charge is 0.225 e. The van der Waals surface area contributed by atoms with Crippen molar-refractivity contribution in [2.75, 3.05) is 18.0 Å². The number of benzene rings is 1. The third-order valence-corrected chi connectivity index (χ3v) is 4.79. The summed E-state index contributed by atoms with van der Waals surface area (Å²) in [6, 6.07) is 8.47. The lowest BCUT2D eigenvalue weighted by atomic mass is 10.0. The zero-order chi connectivity index (χ0) is 17.1. The molecule has 3 aromatic rings. The lowest BCUT2D eigenvalue weighted by Gasteiger charge is -2.21. The van der Waals surface area contributed by atoms with Crippen LogP contribution >= 0.6 is 22.9 Å². The van der Waals surface area contributed by atoms with Crippen LogP contribution in [0, 0.1) is 6.92 Å². The van der Waals surface area contributed by atoms with E-state index < -0.39 is 0 Å². The molecule has 122 valence electrons. The first-order chi connectivity index (χ1) is 11.6. The first-order valence-corrected chi connectivity index (χ1v) is 8.88. The number of halogens is 1. The SMILES string of the molecule is C=CCN(CC=C)c1nc(Cl)nc2scc(-c3ccc(C)cc3)c12. The molecule has 0 aliphatic heterocycles. The van der Waals surface area contributed by atoms with Gasteiger partial charge >= 0.3 is 0 Å². The highest BCUT2D eigenvalue weighted by Gasteiger charge is 2.18. The van der Waals surface area contributed by atoms with Crippen molar-refractivity contribution in [3.63, 3.8) is 0 Å². The number of hydrogen-bond acceptors (Lipinski definition) is 4. The van der Waals surface area contributed by atoms with Crippen LogP contribution in [0.1, 0.15) is 5.56 Å². The molecule has 0 bridgehead atoms. The Morgan fingerprint density at radius 2 is 1.79 bits per heavy atom. The number of thiophene rings is 1. The Kier molecular flexibility index (Phi) is 4.97. The lowest BCUT2D eigenvalue weighted by Crippen LogP contribution is -2.24. The van der Waals surface area contributed by atoms with Crippen LogP contribution in [0.15, 0.2) is 55.0 Å². The summed E-state index contributed by atoms with van der Waals surface area (Å²) in [4.78, 5) is 11.9. The summed E-state index contributed by atoms with van der Waals surface area (Å²) in [6.45, 7) is 11.1. The van der Waals surface area contributed by atoms with Crippen LogP contribution in [0.5, 0.6) is 0 Å². The summed E-state index contributed by atoms with van der Waals surface area (Å²) in [6.07, 6.45) is 3.70. The van der Waals surface area contributed by atoms with Crippen LogP contribution < -0.4 is 4.90 Å². The summed E-state index contributed by atoms with van der Waals surface area (Å²) >= 11 is 7.73. The number of nitrogens with zero attached hydrogens (tertiary/aromatic N) is 3. The molecular formula is C19H18ClN3S. The first kappa shape index (κ1) is 16.7. The Hall–Kier alpha value is -2.17. The van der Waals surface area contributed by atoms with Gasteiger partial charge in [-0.2, -0.15) is 4.98 Å². The molecule has 24 heavy (non-hydrogen) atoms. The van der Waals surface area contributed by atoms with E-state index in [1.165, 1.54) is 5.56 Å². The maximum Gasteiger partial charge on any atom is 0.225 e. The Labute approximate surface area is 150 Å². The van der Waals surface area contributed by atoms with Crippen LogP contribution in [0.25, 0.3) is 21.3 Å². The van der Waals surface area contributed by atoms with Gasteiger partial charge in [0, 0.05) is 24.0 Å². The average molecular weight is 356 g/mol. The molecule has 0 saturated carbocycles. The molecule has 0 spiro atoms. The van der Waals surface area contributed by atoms with Crippen molar-refractivity contribution >= 4 is 39.0 Å². The van der Waals surface area contributed by atoms with Crippen LogP contribution in [0.4, 0.5) is 5.82 Å². The Morgan fingerprint density at radius 3 is 2.42 bits per heavy atom. The van der Waals surface area contributed by atoms with E-state index in [1.54, 1.807) is 11.3 Å². The van der Waals surface area contributed by atoms with Crippen molar-refractivity contribution in [1.82, 2.24) is 9.97 Å². The van der Waals surface area contributed by atoms with Crippen molar-refractivity contribution in [3.8, 4) is 11.1 Å². The summed E-state index contributed by atoms with van der Waals surface area (Å²) in [5, 5.41) is 3.40. The molecule has 2 aromatic heterocycles. The van der Waals surface area contributed by atoms with Crippen molar-refractivity contribution in [2.45, 2.75) is 6.92 Å². The molecular weight excluding hydrogens is 338 g/mol. The highest BCUT2D eigenvalue weighted by Crippen LogP contribution is 2.39. The van der Waals surface area contributed by atoms with E-state index in [0.29, 0.717) is 13.1 Å². The van der Waals surface area contributed by atoms with E-state index in [4.69, 9.17) is 11.6 Å². The van der Waals surface area contributed by atoms with Crippen molar-refractivity contribution in [3.05, 3.63) is 65.8 Å². The fourth-order valence-electron chi connectivity index (χ4n) is 2.63. The van der Waals surface area contributed by atoms with Crippen LogP contribution in [0.2, 0.25) is 5.28 Å². The molecule has 0 aliphatic rings. The molecule has 0 amide bonds. The summed E-state index contributed by atoms with van der Waals surface area (Å²) in [5.41, 5.74) is 3.51. The predicted molar refractivity (Wildman–Crippen MR) is 105 cm³/mol. The Morgan fingerprint density at radius 1 is 1.12 bits per heavy atom. The van der Waals surface area contributed by atoms with Crippen molar-refractivity contribution in [1.29, 1.82) is 0 Å². The van der Waals surface area contributed by atoms with Crippen LogP contribution in [-0.4, -0.2) is 23.1 Å². The van der Waals surface area contributed by atoms with Gasteiger partial charge in [-0.1, -0.05) is 42.0 Å². The van der Waals surface area contributed by atoms with E-state index in [-0.39, 0.29) is 5.28 Å². The second-order valence-electron chi connectivity index (χ2n) is 5.49. The number of anilines is 1. The second-order valence-corrected chi connectivity index (χ2v) is 6.69. The maximum atomic E-state index is 6.15. The van der Waals surface area contributed by atoms with Crippen molar-refractivity contribution < 1.29 is 0 Å². The lowest BCUT2D eigenvalue weighted by molar-refractivity contribution is 0.929. The third kappa shape index (κ3) is 3.21. The molecule has 2 heterocycles. The Bertz CT molecular complexity index is 874. The third-order valence-electron chi connectivity index (χ3n) is 3.75. The molecule has 3 nitrogen and oxygen atoms in total. The average Bonchev–Trinajstić information content (AvgIpc) is 2.98. The van der Waals surface area contributed by atoms with Gasteiger partial charge < -0.3 is 4.90 Å². The minimum Gasteiger partial charge on any atom is -0.348 e. The minimum absolute atomic E-state index is 0.257. The number of rotatable bonds is 6. The van der Waals surface area contributed by atoms with Crippen LogP contribution in [-0.2, 0) is 0 Å². The highest BCUT2D eigenvalue weighted by atomic mass is 35.5. The summed E-state index contributed by atoms with van der Waals surface area (Å²) in [7, 11) is 0. The second kappa shape index (κ2) is 7.16. The maximum absolute atomic E-state index is 6.15. The molecule has 0 fully saturated rings. The molecule has 0 saturated heterocycles. The Balaban J connectivity index is 2.23. The molecule has 0 aliphatic carbocycles. The van der Waals surface area contributed by atoms with E-state index in [9.17, 15) is 0 Å². The van der Waals surface area contributed by atoms with Gasteiger partial charge in [-0.3, -0.25) is 0 Å². The minimum atomic E-state index is 0.257. The monoisotopic (exact) mass is 355 g/mol. The first-order valence-electron chi connectivity index (χ1n) is 7.62. The molecule has 0 atom stereocenters. The van der Waals surface area contributed by atoms with Gasteiger partial charge in [-0.15, -0.1) is 24.5 Å². The van der Waals surface area contributed by atoms with Gasteiger partial charge in [-0.25, -0.2) is 4.98 Å². The van der Waals surface area contributed by atoms with E-state index in [1.807, 2.05) is 12.2 Å². The number of aromatic nitrogens is 2. The number of fused-ring (bicyclic) bond motifs is 1. The number of hydrogen-bond donors (Lipinski definition) is 0. The van der Waals surface area contributed by atoms with Gasteiger partial charge in [0.2, 0.25) is 5.28 Å². The fraction of sp³-hybridized carbons (Fsp3) is 0.158. The normalized spacial score (nSPS) is 10.8. The van der Waals surface area contributed by atoms with Gasteiger partial charge in [0.15, 0.2) is 0 Å². The highest BCUT2D eigenvalue weighted by molar-refractivity contribution is 7.17. The van der Waals surface area contributed by atoms with Gasteiger partial charge in [-0.05, 0) is 24.1 Å². The summed E-state index contributed by atoms with van der Waals surface area (Å²) < 4.78 is 0. The molecule has 0 unspecified atom stereocenters. The van der Waals surface area contributed by atoms with Crippen LogP contribution in [0.3, 0.4) is 0 Å². The molecule has 3 rings (SSSR count). The van der Waals surface area contributed by atoms with E-state index >= 15 is 0 Å². The molecule has 0 radical (unpaired) electrons. The largest absolute Gasteiger partial charge is 0.348 e. The number of aryl methyl sites for hydroxylation is 1. The molecule has 5 heteroatoms. The van der Waals surface area contributed by atoms with E-state index in [0.717, 1.165) is 27.2 Å². The fourth-order valence-corrected chi connectivity index (χ4v) is 3.79. The standard InChI is InChI=1S/C19H18ClN3S/c1-4-10-23(11-5-2)17-16-15(14-8-6-13(3)7-9-14)12-24-18(16)22-19(20)21-17/h4-9,12H,1-2,10-11H2,3H3. The zero-order valence-corrected chi connectivity index (χ0v) is 15.1. The quantitative estimate of drug-likeness (QED) is 0.432. The van der Waals surface area contributed by atoms with Gasteiger partial charge in [0.05, 0.1) is 5.39 Å². The predicted octanol–water partition coefficient (Wildman–Crippen LogP) is 5.50. The van der Waals surface area contributed by atoms with E-state index in [2.05, 4.69) is 64.6 Å². The van der Waals surface area contributed by atoms with Gasteiger partial charge in [0.1, 0.15) is 10.6 Å². The zero-order valence-electron chi connectivity index (χ0n) is 13.5. The molecule has 1 aromatic carbocycles. The van der Waals surface area contributed by atoms with Crippen molar-refractivity contribution in [2.24, 2.45) is 0 Å². The topological polar surface area (TPSA) is 29.0 Å². The molecule has 0 N–H and O–H groups in total. The van der Waals surface area contributed by atoms with Gasteiger partial charge in [0.25, 0.3) is 0 Å².